The van der Waals surface area contributed by atoms with Crippen LogP contribution in [0.15, 0.2) is 45.3 Å². The van der Waals surface area contributed by atoms with E-state index >= 15 is 0 Å². The van der Waals surface area contributed by atoms with Crippen LogP contribution in [-0.2, 0) is 0 Å². The molecule has 0 spiro atoms. The zero-order valence-electron chi connectivity index (χ0n) is 7.98. The maximum absolute atomic E-state index is 13.7. The summed E-state index contributed by atoms with van der Waals surface area (Å²) >= 11 is 6.38. The Morgan fingerprint density at radius 3 is 2.12 bits per heavy atom. The lowest BCUT2D eigenvalue weighted by Crippen LogP contribution is -1.89. The second-order valence-corrected chi connectivity index (χ2v) is 4.85. The van der Waals surface area contributed by atoms with Crippen LogP contribution < -0.4 is 0 Å². The predicted molar refractivity (Wildman–Crippen MR) is 67.2 cm³/mol. The summed E-state index contributed by atoms with van der Waals surface area (Å²) in [5.41, 5.74) is 0.846. The maximum atomic E-state index is 13.7. The van der Waals surface area contributed by atoms with Gasteiger partial charge in [0, 0.05) is 15.6 Å². The maximum Gasteiger partial charge on any atom is 0.138 e. The summed E-state index contributed by atoms with van der Waals surface area (Å²) in [6.45, 7) is 0. The molecule has 0 N–H and O–H groups in total. The zero-order valence-corrected chi connectivity index (χ0v) is 11.1. The van der Waals surface area contributed by atoms with Crippen LogP contribution in [0.3, 0.4) is 0 Å². The fourth-order valence-corrected chi connectivity index (χ4v) is 2.47. The van der Waals surface area contributed by atoms with Crippen molar-refractivity contribution in [3.8, 4) is 11.1 Å². The van der Waals surface area contributed by atoms with Gasteiger partial charge in [-0.2, -0.15) is 0 Å². The Balaban J connectivity index is 2.73. The topological polar surface area (TPSA) is 0 Å². The van der Waals surface area contributed by atoms with Crippen LogP contribution in [0.5, 0.6) is 0 Å². The van der Waals surface area contributed by atoms with E-state index in [0.717, 1.165) is 0 Å². The first-order valence-electron chi connectivity index (χ1n) is 4.49. The Bertz CT molecular complexity index is 518. The number of hydrogen-bond donors (Lipinski definition) is 0. The van der Waals surface area contributed by atoms with E-state index in [1.54, 1.807) is 24.3 Å². The molecule has 0 nitrogen and oxygen atoms in total. The van der Waals surface area contributed by atoms with Crippen LogP contribution >= 0.6 is 31.9 Å². The largest absolute Gasteiger partial charge is 0.206 e. The van der Waals surface area contributed by atoms with Gasteiger partial charge in [0.05, 0.1) is 4.47 Å². The van der Waals surface area contributed by atoms with Crippen molar-refractivity contribution < 1.29 is 8.78 Å². The normalized spacial score (nSPS) is 10.5. The van der Waals surface area contributed by atoms with E-state index in [4.69, 9.17) is 0 Å². The van der Waals surface area contributed by atoms with Crippen molar-refractivity contribution in [2.45, 2.75) is 0 Å². The summed E-state index contributed by atoms with van der Waals surface area (Å²) < 4.78 is 27.9. The lowest BCUT2D eigenvalue weighted by atomic mass is 10.1. The van der Waals surface area contributed by atoms with E-state index in [9.17, 15) is 8.78 Å². The molecule has 0 bridgehead atoms. The second-order valence-electron chi connectivity index (χ2n) is 3.20. The van der Waals surface area contributed by atoms with Gasteiger partial charge in [0.15, 0.2) is 0 Å². The molecule has 0 amide bonds. The molecule has 0 radical (unpaired) electrons. The minimum absolute atomic E-state index is 0.265. The van der Waals surface area contributed by atoms with Gasteiger partial charge in [-0.15, -0.1) is 0 Å². The Morgan fingerprint density at radius 1 is 0.812 bits per heavy atom. The molecule has 0 heterocycles. The fourth-order valence-electron chi connectivity index (χ4n) is 1.45. The first-order valence-corrected chi connectivity index (χ1v) is 6.08. The average molecular weight is 348 g/mol. The quantitative estimate of drug-likeness (QED) is 0.668. The molecule has 0 aliphatic carbocycles. The predicted octanol–water partition coefficient (Wildman–Crippen LogP) is 5.16. The first-order chi connectivity index (χ1) is 7.61. The highest BCUT2D eigenvalue weighted by Gasteiger charge is 2.14. The summed E-state index contributed by atoms with van der Waals surface area (Å²) in [5, 5.41) is 0. The summed E-state index contributed by atoms with van der Waals surface area (Å²) in [5.74, 6) is -0.798. The SMILES string of the molecule is Fc1cccc(-c2c(F)cccc2Br)c1Br. The van der Waals surface area contributed by atoms with Crippen LogP contribution in [0.1, 0.15) is 0 Å². The molecule has 2 aromatic carbocycles. The third-order valence-electron chi connectivity index (χ3n) is 2.18. The number of benzene rings is 2. The molecule has 0 saturated heterocycles. The molecule has 82 valence electrons. The number of halogens is 4. The van der Waals surface area contributed by atoms with Gasteiger partial charge in [-0.1, -0.05) is 34.1 Å². The van der Waals surface area contributed by atoms with Crippen LogP contribution in [0, 0.1) is 11.6 Å². The molecular formula is C12H6Br2F2. The molecule has 0 unspecified atom stereocenters. The average Bonchev–Trinajstić information content (AvgIpc) is 2.24. The first kappa shape index (κ1) is 11.7. The van der Waals surface area contributed by atoms with Gasteiger partial charge >= 0.3 is 0 Å². The highest BCUT2D eigenvalue weighted by atomic mass is 79.9. The molecule has 0 atom stereocenters. The summed E-state index contributed by atoms with van der Waals surface area (Å²) in [4.78, 5) is 0. The van der Waals surface area contributed by atoms with Crippen molar-refractivity contribution in [1.29, 1.82) is 0 Å². The van der Waals surface area contributed by atoms with Crippen LogP contribution in [0.25, 0.3) is 11.1 Å². The lowest BCUT2D eigenvalue weighted by molar-refractivity contribution is 0.619. The van der Waals surface area contributed by atoms with Crippen LogP contribution in [0.2, 0.25) is 0 Å². The Hall–Kier alpha value is -0.740. The number of hydrogen-bond acceptors (Lipinski definition) is 0. The van der Waals surface area contributed by atoms with Gasteiger partial charge in [0.2, 0.25) is 0 Å². The molecule has 16 heavy (non-hydrogen) atoms. The fraction of sp³-hybridized carbons (Fsp3) is 0. The van der Waals surface area contributed by atoms with E-state index in [0.29, 0.717) is 15.6 Å². The molecule has 4 heteroatoms. The molecule has 0 aliphatic rings. The summed E-state index contributed by atoms with van der Waals surface area (Å²) in [6, 6.07) is 9.19. The molecular weight excluding hydrogens is 342 g/mol. The zero-order chi connectivity index (χ0) is 11.7. The van der Waals surface area contributed by atoms with Crippen LogP contribution in [0.4, 0.5) is 8.78 Å². The van der Waals surface area contributed by atoms with Gasteiger partial charge in [-0.05, 0) is 34.1 Å². The smallest absolute Gasteiger partial charge is 0.138 e. The number of rotatable bonds is 1. The molecule has 0 saturated carbocycles. The van der Waals surface area contributed by atoms with E-state index in [-0.39, 0.29) is 10.3 Å². The van der Waals surface area contributed by atoms with Crippen molar-refractivity contribution in [2.75, 3.05) is 0 Å². The summed E-state index contributed by atoms with van der Waals surface area (Å²) in [7, 11) is 0. The minimum atomic E-state index is -0.410. The van der Waals surface area contributed by atoms with Gasteiger partial charge < -0.3 is 0 Å². The van der Waals surface area contributed by atoms with Crippen molar-refractivity contribution >= 4 is 31.9 Å². The van der Waals surface area contributed by atoms with E-state index in [2.05, 4.69) is 31.9 Å². The van der Waals surface area contributed by atoms with Crippen LogP contribution in [-0.4, -0.2) is 0 Å². The monoisotopic (exact) mass is 346 g/mol. The molecule has 0 fully saturated rings. The van der Waals surface area contributed by atoms with E-state index in [1.807, 2.05) is 0 Å². The van der Waals surface area contributed by atoms with Crippen molar-refractivity contribution in [2.24, 2.45) is 0 Å². The summed E-state index contributed by atoms with van der Waals surface area (Å²) in [6.07, 6.45) is 0. The van der Waals surface area contributed by atoms with E-state index in [1.165, 1.54) is 12.1 Å². The molecule has 0 aliphatic heterocycles. The van der Waals surface area contributed by atoms with Crippen molar-refractivity contribution in [3.63, 3.8) is 0 Å². The van der Waals surface area contributed by atoms with Gasteiger partial charge in [-0.3, -0.25) is 0 Å². The lowest BCUT2D eigenvalue weighted by Gasteiger charge is -2.08. The third-order valence-corrected chi connectivity index (χ3v) is 3.65. The Morgan fingerprint density at radius 2 is 1.44 bits per heavy atom. The highest BCUT2D eigenvalue weighted by molar-refractivity contribution is 9.11. The highest BCUT2D eigenvalue weighted by Crippen LogP contribution is 2.36. The van der Waals surface area contributed by atoms with Gasteiger partial charge in [0.25, 0.3) is 0 Å². The minimum Gasteiger partial charge on any atom is -0.206 e. The second kappa shape index (κ2) is 4.63. The van der Waals surface area contributed by atoms with E-state index < -0.39 is 5.82 Å². The molecule has 2 aromatic rings. The molecule has 2 rings (SSSR count). The third kappa shape index (κ3) is 2.04. The van der Waals surface area contributed by atoms with Crippen molar-refractivity contribution in [1.82, 2.24) is 0 Å². The Labute approximate surface area is 109 Å². The standard InChI is InChI=1S/C12H6Br2F2/c13-8-4-2-5-9(15)11(8)7-3-1-6-10(16)12(7)14/h1-6H. The van der Waals surface area contributed by atoms with Gasteiger partial charge in [0.1, 0.15) is 11.6 Å². The van der Waals surface area contributed by atoms with Crippen molar-refractivity contribution in [3.05, 3.63) is 57.0 Å². The van der Waals surface area contributed by atoms with Gasteiger partial charge in [-0.25, -0.2) is 8.78 Å². The Kier molecular flexibility index (Phi) is 3.40. The molecule has 0 aromatic heterocycles.